The van der Waals surface area contributed by atoms with Crippen molar-refractivity contribution < 1.29 is 18.0 Å². The fourth-order valence-electron chi connectivity index (χ4n) is 2.46. The minimum absolute atomic E-state index is 0.00635. The van der Waals surface area contributed by atoms with Gasteiger partial charge in [-0.2, -0.15) is 13.2 Å². The number of likely N-dealkylation sites (N-methyl/N-ethyl adjacent to an activating group) is 1. The molecule has 0 saturated carbocycles. The zero-order valence-electron chi connectivity index (χ0n) is 12.0. The van der Waals surface area contributed by atoms with Gasteiger partial charge in [-0.25, -0.2) is 4.79 Å². The summed E-state index contributed by atoms with van der Waals surface area (Å²) in [6.45, 7) is 1.70. The number of benzene rings is 1. The number of alkyl halides is 3. The van der Waals surface area contributed by atoms with Crippen molar-refractivity contribution in [2.75, 3.05) is 25.5 Å². The van der Waals surface area contributed by atoms with Gasteiger partial charge in [-0.1, -0.05) is 11.6 Å². The molecule has 1 aliphatic rings. The molecule has 4 nitrogen and oxygen atoms in total. The molecule has 1 saturated heterocycles. The first-order chi connectivity index (χ1) is 10.3. The van der Waals surface area contributed by atoms with Gasteiger partial charge in [-0.05, 0) is 44.6 Å². The Morgan fingerprint density at radius 2 is 2.14 bits per heavy atom. The summed E-state index contributed by atoms with van der Waals surface area (Å²) in [5.74, 6) is 0. The van der Waals surface area contributed by atoms with E-state index in [0.29, 0.717) is 0 Å². The number of nitrogens with one attached hydrogen (secondary N) is 2. The molecule has 22 heavy (non-hydrogen) atoms. The largest absolute Gasteiger partial charge is 0.417 e. The number of likely N-dealkylation sites (tertiary alicyclic amines) is 1. The average molecular weight is 336 g/mol. The maximum Gasteiger partial charge on any atom is 0.417 e. The number of carbonyl (C=O) groups excluding carboxylic acids is 1. The van der Waals surface area contributed by atoms with Gasteiger partial charge in [-0.15, -0.1) is 0 Å². The van der Waals surface area contributed by atoms with E-state index in [1.165, 1.54) is 6.07 Å². The van der Waals surface area contributed by atoms with E-state index in [9.17, 15) is 18.0 Å². The summed E-state index contributed by atoms with van der Waals surface area (Å²) in [6, 6.07) is 2.76. The summed E-state index contributed by atoms with van der Waals surface area (Å²) in [5, 5.41) is 4.79. The molecule has 0 radical (unpaired) electrons. The third kappa shape index (κ3) is 4.51. The Bertz CT molecular complexity index is 551. The van der Waals surface area contributed by atoms with Crippen LogP contribution in [0, 0.1) is 0 Å². The first-order valence-corrected chi connectivity index (χ1v) is 7.26. The normalized spacial score (nSPS) is 19.8. The first kappa shape index (κ1) is 16.9. The predicted octanol–water partition coefficient (Wildman–Crippen LogP) is 3.57. The van der Waals surface area contributed by atoms with Gasteiger partial charge in [0, 0.05) is 18.3 Å². The van der Waals surface area contributed by atoms with Crippen LogP contribution in [0.1, 0.15) is 18.4 Å². The summed E-state index contributed by atoms with van der Waals surface area (Å²) >= 11 is 5.54. The molecule has 2 rings (SSSR count). The van der Waals surface area contributed by atoms with E-state index in [0.717, 1.165) is 38.1 Å². The third-order valence-corrected chi connectivity index (χ3v) is 3.82. The monoisotopic (exact) mass is 335 g/mol. The van der Waals surface area contributed by atoms with Gasteiger partial charge in [0.1, 0.15) is 0 Å². The Morgan fingerprint density at radius 1 is 1.41 bits per heavy atom. The summed E-state index contributed by atoms with van der Waals surface area (Å²) in [5.41, 5.74) is -0.914. The zero-order chi connectivity index (χ0) is 16.3. The number of piperidine rings is 1. The number of nitrogens with zero attached hydrogens (tertiary/aromatic N) is 1. The molecule has 122 valence electrons. The van der Waals surface area contributed by atoms with Gasteiger partial charge in [-0.3, -0.25) is 0 Å². The molecule has 0 aliphatic carbocycles. The highest BCUT2D eigenvalue weighted by Gasteiger charge is 2.33. The molecule has 2 N–H and O–H groups in total. The summed E-state index contributed by atoms with van der Waals surface area (Å²) in [4.78, 5) is 14.0. The van der Waals surface area contributed by atoms with E-state index in [-0.39, 0.29) is 11.7 Å². The van der Waals surface area contributed by atoms with E-state index in [4.69, 9.17) is 11.6 Å². The molecule has 1 aromatic rings. The lowest BCUT2D eigenvalue weighted by molar-refractivity contribution is -0.137. The molecule has 2 amide bonds. The van der Waals surface area contributed by atoms with Gasteiger partial charge < -0.3 is 15.5 Å². The summed E-state index contributed by atoms with van der Waals surface area (Å²) in [7, 11) is 1.96. The highest BCUT2D eigenvalue weighted by molar-refractivity contribution is 6.31. The molecular weight excluding hydrogens is 319 g/mol. The molecule has 1 aliphatic heterocycles. The minimum Gasteiger partial charge on any atom is -0.334 e. The molecule has 0 unspecified atom stereocenters. The number of hydrogen-bond donors (Lipinski definition) is 2. The molecule has 1 atom stereocenters. The van der Waals surface area contributed by atoms with E-state index < -0.39 is 22.8 Å². The van der Waals surface area contributed by atoms with Crippen LogP contribution < -0.4 is 10.6 Å². The quantitative estimate of drug-likeness (QED) is 0.867. The Balaban J connectivity index is 1.99. The number of amides is 2. The number of anilines is 1. The number of urea groups is 1. The summed E-state index contributed by atoms with van der Waals surface area (Å²) in [6.07, 6.45) is -2.73. The maximum atomic E-state index is 12.8. The lowest BCUT2D eigenvalue weighted by atomic mass is 10.1. The van der Waals surface area contributed by atoms with Gasteiger partial charge in [0.2, 0.25) is 0 Å². The van der Waals surface area contributed by atoms with Crippen molar-refractivity contribution in [1.82, 2.24) is 10.2 Å². The molecule has 1 heterocycles. The van der Waals surface area contributed by atoms with Gasteiger partial charge in [0.05, 0.1) is 10.6 Å². The fourth-order valence-corrected chi connectivity index (χ4v) is 2.68. The number of carbonyl (C=O) groups is 1. The van der Waals surface area contributed by atoms with Gasteiger partial charge >= 0.3 is 12.2 Å². The standard InChI is InChI=1S/C14H17ClF3N3O/c1-21-6-2-3-10(8-21)20-13(22)19-9-4-5-12(15)11(7-9)14(16,17)18/h4-5,7,10H,2-3,6,8H2,1H3,(H2,19,20,22)/t10-/m1/s1. The second kappa shape index (κ2) is 6.75. The number of rotatable bonds is 2. The van der Waals surface area contributed by atoms with E-state index in [2.05, 4.69) is 15.5 Å². The van der Waals surface area contributed by atoms with Crippen LogP contribution in [-0.4, -0.2) is 37.1 Å². The average Bonchev–Trinajstić information content (AvgIpc) is 2.39. The second-order valence-electron chi connectivity index (χ2n) is 5.39. The Morgan fingerprint density at radius 3 is 2.77 bits per heavy atom. The number of halogens is 4. The lowest BCUT2D eigenvalue weighted by Gasteiger charge is -2.30. The van der Waals surface area contributed by atoms with Crippen LogP contribution in [0.25, 0.3) is 0 Å². The van der Waals surface area contributed by atoms with Crippen LogP contribution in [0.4, 0.5) is 23.7 Å². The molecule has 8 heteroatoms. The molecule has 0 aromatic heterocycles. The maximum absolute atomic E-state index is 12.8. The summed E-state index contributed by atoms with van der Waals surface area (Å²) < 4.78 is 38.3. The van der Waals surface area contributed by atoms with Crippen molar-refractivity contribution in [2.24, 2.45) is 0 Å². The van der Waals surface area contributed by atoms with Gasteiger partial charge in [0.25, 0.3) is 0 Å². The minimum atomic E-state index is -4.56. The molecule has 0 bridgehead atoms. The van der Waals surface area contributed by atoms with Crippen molar-refractivity contribution in [3.05, 3.63) is 28.8 Å². The highest BCUT2D eigenvalue weighted by Crippen LogP contribution is 2.36. The van der Waals surface area contributed by atoms with Gasteiger partial charge in [0.15, 0.2) is 0 Å². The molecule has 1 fully saturated rings. The van der Waals surface area contributed by atoms with E-state index in [1.807, 2.05) is 7.05 Å². The SMILES string of the molecule is CN1CCC[C@@H](NC(=O)Nc2ccc(Cl)c(C(F)(F)F)c2)C1. The van der Waals surface area contributed by atoms with Crippen LogP contribution in [0.3, 0.4) is 0 Å². The Hall–Kier alpha value is -1.47. The predicted molar refractivity (Wildman–Crippen MR) is 79.1 cm³/mol. The topological polar surface area (TPSA) is 44.4 Å². The highest BCUT2D eigenvalue weighted by atomic mass is 35.5. The van der Waals surface area contributed by atoms with Crippen LogP contribution >= 0.6 is 11.6 Å². The Labute approximate surface area is 131 Å². The lowest BCUT2D eigenvalue weighted by Crippen LogP contribution is -2.47. The molecular formula is C14H17ClF3N3O. The third-order valence-electron chi connectivity index (χ3n) is 3.49. The van der Waals surface area contributed by atoms with Crippen molar-refractivity contribution in [3.63, 3.8) is 0 Å². The fraction of sp³-hybridized carbons (Fsp3) is 0.500. The van der Waals surface area contributed by atoms with Crippen LogP contribution in [0.5, 0.6) is 0 Å². The molecule has 0 spiro atoms. The second-order valence-corrected chi connectivity index (χ2v) is 5.80. The van der Waals surface area contributed by atoms with Crippen LogP contribution in [0.2, 0.25) is 5.02 Å². The zero-order valence-corrected chi connectivity index (χ0v) is 12.8. The van der Waals surface area contributed by atoms with E-state index >= 15 is 0 Å². The van der Waals surface area contributed by atoms with Crippen molar-refractivity contribution >= 4 is 23.3 Å². The Kier molecular flexibility index (Phi) is 5.18. The first-order valence-electron chi connectivity index (χ1n) is 6.88. The van der Waals surface area contributed by atoms with E-state index in [1.54, 1.807) is 0 Å². The van der Waals surface area contributed by atoms with Crippen molar-refractivity contribution in [1.29, 1.82) is 0 Å². The smallest absolute Gasteiger partial charge is 0.334 e. The van der Waals surface area contributed by atoms with Crippen molar-refractivity contribution in [2.45, 2.75) is 25.1 Å². The molecule has 1 aromatic carbocycles. The van der Waals surface area contributed by atoms with Crippen molar-refractivity contribution in [3.8, 4) is 0 Å². The number of hydrogen-bond acceptors (Lipinski definition) is 2. The van der Waals surface area contributed by atoms with Crippen LogP contribution in [-0.2, 0) is 6.18 Å². The van der Waals surface area contributed by atoms with Crippen LogP contribution in [0.15, 0.2) is 18.2 Å².